The molecule has 0 aliphatic heterocycles. The summed E-state index contributed by atoms with van der Waals surface area (Å²) in [6.07, 6.45) is 4.33. The average Bonchev–Trinajstić information content (AvgIpc) is 1.93. The van der Waals surface area contributed by atoms with Crippen LogP contribution in [0.1, 0.15) is 20.8 Å². The zero-order valence-electron chi connectivity index (χ0n) is 6.89. The van der Waals surface area contributed by atoms with Crippen molar-refractivity contribution in [2.24, 2.45) is 17.6 Å². The highest BCUT2D eigenvalue weighted by atomic mass is 14.6. The van der Waals surface area contributed by atoms with Crippen LogP contribution in [0.3, 0.4) is 0 Å². The third-order valence-corrected chi connectivity index (χ3v) is 2.38. The van der Waals surface area contributed by atoms with Gasteiger partial charge < -0.3 is 5.73 Å². The fourth-order valence-electron chi connectivity index (χ4n) is 1.20. The topological polar surface area (TPSA) is 26.0 Å². The number of hydrogen-bond donors (Lipinski definition) is 1. The first kappa shape index (κ1) is 7.39. The van der Waals surface area contributed by atoms with E-state index in [9.17, 15) is 0 Å². The van der Waals surface area contributed by atoms with Gasteiger partial charge in [0.15, 0.2) is 0 Å². The number of hydrogen-bond acceptors (Lipinski definition) is 1. The van der Waals surface area contributed by atoms with Crippen molar-refractivity contribution >= 4 is 0 Å². The quantitative estimate of drug-likeness (QED) is 0.543. The molecule has 56 valence electrons. The average molecular weight is 137 g/mol. The van der Waals surface area contributed by atoms with Crippen LogP contribution < -0.4 is 5.73 Å². The van der Waals surface area contributed by atoms with Gasteiger partial charge >= 0.3 is 0 Å². The van der Waals surface area contributed by atoms with Gasteiger partial charge in [-0.2, -0.15) is 0 Å². The SMILES string of the molecule is CC1=C(N)[C@@H](C)C(C)C=C1. The van der Waals surface area contributed by atoms with Gasteiger partial charge in [0.1, 0.15) is 0 Å². The molecule has 0 aromatic rings. The number of allylic oxidation sites excluding steroid dienone is 4. The second-order valence-electron chi connectivity index (χ2n) is 3.15. The summed E-state index contributed by atoms with van der Waals surface area (Å²) in [6.45, 7) is 6.43. The second-order valence-corrected chi connectivity index (χ2v) is 3.15. The van der Waals surface area contributed by atoms with Crippen LogP contribution >= 0.6 is 0 Å². The van der Waals surface area contributed by atoms with Gasteiger partial charge in [0.25, 0.3) is 0 Å². The molecule has 10 heavy (non-hydrogen) atoms. The van der Waals surface area contributed by atoms with Crippen molar-refractivity contribution in [2.75, 3.05) is 0 Å². The Balaban J connectivity index is 2.88. The maximum absolute atomic E-state index is 5.84. The largest absolute Gasteiger partial charge is 0.402 e. The first-order valence-electron chi connectivity index (χ1n) is 3.77. The summed E-state index contributed by atoms with van der Waals surface area (Å²) < 4.78 is 0. The molecule has 0 heterocycles. The smallest absolute Gasteiger partial charge is 0.0145 e. The minimum atomic E-state index is 0.519. The lowest BCUT2D eigenvalue weighted by Gasteiger charge is -2.22. The fourth-order valence-corrected chi connectivity index (χ4v) is 1.20. The summed E-state index contributed by atoms with van der Waals surface area (Å²) in [6, 6.07) is 0. The van der Waals surface area contributed by atoms with Crippen molar-refractivity contribution in [3.8, 4) is 0 Å². The number of nitrogens with two attached hydrogens (primary N) is 1. The van der Waals surface area contributed by atoms with Crippen molar-refractivity contribution in [2.45, 2.75) is 20.8 Å². The lowest BCUT2D eigenvalue weighted by molar-refractivity contribution is 0.513. The standard InChI is InChI=1S/C9H15N/c1-6-4-5-7(2)9(10)8(6)3/h4-6,8H,10H2,1-3H3/t6?,8-/m0/s1. The van der Waals surface area contributed by atoms with Gasteiger partial charge in [-0.05, 0) is 18.4 Å². The van der Waals surface area contributed by atoms with E-state index in [-0.39, 0.29) is 0 Å². The van der Waals surface area contributed by atoms with Gasteiger partial charge in [0, 0.05) is 11.6 Å². The molecule has 0 aromatic carbocycles. The highest BCUT2D eigenvalue weighted by Gasteiger charge is 2.16. The van der Waals surface area contributed by atoms with Crippen LogP contribution in [0.4, 0.5) is 0 Å². The minimum absolute atomic E-state index is 0.519. The van der Waals surface area contributed by atoms with Crippen molar-refractivity contribution in [3.05, 3.63) is 23.4 Å². The van der Waals surface area contributed by atoms with E-state index >= 15 is 0 Å². The molecule has 1 heteroatoms. The molecule has 0 bridgehead atoms. The number of rotatable bonds is 0. The summed E-state index contributed by atoms with van der Waals surface area (Å²) in [5.74, 6) is 1.12. The van der Waals surface area contributed by atoms with Crippen LogP contribution in [-0.4, -0.2) is 0 Å². The molecule has 2 atom stereocenters. The van der Waals surface area contributed by atoms with Crippen molar-refractivity contribution in [1.82, 2.24) is 0 Å². The lowest BCUT2D eigenvalue weighted by Crippen LogP contribution is -2.19. The molecule has 2 N–H and O–H groups in total. The molecule has 0 saturated carbocycles. The van der Waals surface area contributed by atoms with E-state index in [0.29, 0.717) is 11.8 Å². The first-order valence-corrected chi connectivity index (χ1v) is 3.77. The highest BCUT2D eigenvalue weighted by Crippen LogP contribution is 2.25. The van der Waals surface area contributed by atoms with E-state index in [0.717, 1.165) is 5.70 Å². The molecular formula is C9H15N. The van der Waals surface area contributed by atoms with Crippen molar-refractivity contribution < 1.29 is 0 Å². The van der Waals surface area contributed by atoms with Crippen molar-refractivity contribution in [1.29, 1.82) is 0 Å². The Morgan fingerprint density at radius 1 is 1.40 bits per heavy atom. The van der Waals surface area contributed by atoms with E-state index in [1.807, 2.05) is 0 Å². The van der Waals surface area contributed by atoms with Crippen molar-refractivity contribution in [3.63, 3.8) is 0 Å². The predicted octanol–water partition coefficient (Wildman–Crippen LogP) is 2.06. The maximum atomic E-state index is 5.84. The summed E-state index contributed by atoms with van der Waals surface area (Å²) in [4.78, 5) is 0. The molecule has 1 aliphatic carbocycles. The summed E-state index contributed by atoms with van der Waals surface area (Å²) in [5, 5.41) is 0. The molecule has 1 unspecified atom stereocenters. The predicted molar refractivity (Wildman–Crippen MR) is 44.4 cm³/mol. The van der Waals surface area contributed by atoms with Gasteiger partial charge in [-0.25, -0.2) is 0 Å². The first-order chi connectivity index (χ1) is 4.63. The third kappa shape index (κ3) is 1.08. The van der Waals surface area contributed by atoms with Crippen LogP contribution in [0.25, 0.3) is 0 Å². The molecule has 1 nitrogen and oxygen atoms in total. The maximum Gasteiger partial charge on any atom is 0.0145 e. The Kier molecular flexibility index (Phi) is 1.84. The summed E-state index contributed by atoms with van der Waals surface area (Å²) in [5.41, 5.74) is 8.12. The molecule has 0 radical (unpaired) electrons. The minimum Gasteiger partial charge on any atom is -0.402 e. The van der Waals surface area contributed by atoms with E-state index in [4.69, 9.17) is 5.73 Å². The molecule has 0 saturated heterocycles. The Morgan fingerprint density at radius 3 is 2.50 bits per heavy atom. The Hall–Kier alpha value is -0.720. The Morgan fingerprint density at radius 2 is 2.00 bits per heavy atom. The van der Waals surface area contributed by atoms with Gasteiger partial charge in [-0.15, -0.1) is 0 Å². The van der Waals surface area contributed by atoms with E-state index in [2.05, 4.69) is 32.9 Å². The lowest BCUT2D eigenvalue weighted by atomic mass is 9.86. The molecule has 1 rings (SSSR count). The van der Waals surface area contributed by atoms with E-state index < -0.39 is 0 Å². The molecule has 0 aromatic heterocycles. The molecule has 0 spiro atoms. The third-order valence-electron chi connectivity index (χ3n) is 2.38. The Labute approximate surface area is 62.6 Å². The van der Waals surface area contributed by atoms with Crippen LogP contribution in [0, 0.1) is 11.8 Å². The molecule has 1 aliphatic rings. The normalized spacial score (nSPS) is 33.1. The van der Waals surface area contributed by atoms with E-state index in [1.54, 1.807) is 0 Å². The Bertz CT molecular complexity index is 189. The summed E-state index contributed by atoms with van der Waals surface area (Å²) >= 11 is 0. The highest BCUT2D eigenvalue weighted by molar-refractivity contribution is 5.28. The molecular weight excluding hydrogens is 122 g/mol. The van der Waals surface area contributed by atoms with Crippen LogP contribution in [0.5, 0.6) is 0 Å². The van der Waals surface area contributed by atoms with Gasteiger partial charge in [-0.1, -0.05) is 26.0 Å². The van der Waals surface area contributed by atoms with Crippen LogP contribution in [0.2, 0.25) is 0 Å². The molecule has 0 amide bonds. The van der Waals surface area contributed by atoms with E-state index in [1.165, 1.54) is 5.57 Å². The molecule has 0 fully saturated rings. The zero-order chi connectivity index (χ0) is 7.72. The fraction of sp³-hybridized carbons (Fsp3) is 0.556. The van der Waals surface area contributed by atoms with Gasteiger partial charge in [-0.3, -0.25) is 0 Å². The monoisotopic (exact) mass is 137 g/mol. The van der Waals surface area contributed by atoms with Crippen LogP contribution in [-0.2, 0) is 0 Å². The second kappa shape index (κ2) is 2.49. The van der Waals surface area contributed by atoms with Gasteiger partial charge in [0.05, 0.1) is 0 Å². The van der Waals surface area contributed by atoms with Crippen LogP contribution in [0.15, 0.2) is 23.4 Å². The van der Waals surface area contributed by atoms with Gasteiger partial charge in [0.2, 0.25) is 0 Å². The summed E-state index contributed by atoms with van der Waals surface area (Å²) in [7, 11) is 0. The zero-order valence-corrected chi connectivity index (χ0v) is 6.89.